The van der Waals surface area contributed by atoms with Crippen LogP contribution in [0, 0.1) is 0 Å². The number of nitrogens with zero attached hydrogens (tertiary/aromatic N) is 1. The molecule has 1 aliphatic heterocycles. The molecule has 0 N–H and O–H groups in total. The van der Waals surface area contributed by atoms with E-state index in [1.165, 1.54) is 0 Å². The topological polar surface area (TPSA) is 20.3 Å². The molecule has 2 aromatic rings. The maximum atomic E-state index is 12.8. The summed E-state index contributed by atoms with van der Waals surface area (Å²) in [5.41, 5.74) is 3.74. The van der Waals surface area contributed by atoms with Crippen LogP contribution in [-0.2, 0) is 4.79 Å². The van der Waals surface area contributed by atoms with Gasteiger partial charge in [0.2, 0.25) is 0 Å². The van der Waals surface area contributed by atoms with Crippen molar-refractivity contribution in [1.82, 2.24) is 4.90 Å². The van der Waals surface area contributed by atoms with Crippen molar-refractivity contribution in [2.75, 3.05) is 20.1 Å². The molecule has 24 heavy (non-hydrogen) atoms. The third-order valence-corrected chi connectivity index (χ3v) is 4.94. The van der Waals surface area contributed by atoms with Gasteiger partial charge in [0.1, 0.15) is 0 Å². The van der Waals surface area contributed by atoms with E-state index in [4.69, 9.17) is 0 Å². The lowest BCUT2D eigenvalue weighted by Crippen LogP contribution is -2.34. The molecule has 1 heterocycles. The van der Waals surface area contributed by atoms with Crippen molar-refractivity contribution in [2.24, 2.45) is 0 Å². The lowest BCUT2D eigenvalue weighted by atomic mass is 9.94. The first-order valence-electron chi connectivity index (χ1n) is 7.67. The van der Waals surface area contributed by atoms with Gasteiger partial charge in [0.25, 0.3) is 0 Å². The van der Waals surface area contributed by atoms with E-state index >= 15 is 0 Å². The zero-order chi connectivity index (χ0) is 17.1. The molecule has 122 valence electrons. The Kier molecular flexibility index (Phi) is 5.49. The molecule has 2 nitrogen and oxygen atoms in total. The Labute approximate surface area is 159 Å². The Morgan fingerprint density at radius 2 is 1.17 bits per heavy atom. The average molecular weight is 447 g/mol. The van der Waals surface area contributed by atoms with Gasteiger partial charge in [0, 0.05) is 33.2 Å². The van der Waals surface area contributed by atoms with Crippen LogP contribution in [0.3, 0.4) is 0 Å². The number of hydrogen-bond acceptors (Lipinski definition) is 2. The SMILES string of the molecule is CN1C/C(=C\c2ccc(Br)cc2)C(=O)/C(=C/c2ccc(Br)cc2)C1. The summed E-state index contributed by atoms with van der Waals surface area (Å²) >= 11 is 6.87. The summed E-state index contributed by atoms with van der Waals surface area (Å²) < 4.78 is 2.07. The van der Waals surface area contributed by atoms with Crippen LogP contribution >= 0.6 is 31.9 Å². The number of likely N-dealkylation sites (tertiary alicyclic amines) is 1. The number of piperidine rings is 1. The van der Waals surface area contributed by atoms with Gasteiger partial charge in [-0.15, -0.1) is 0 Å². The van der Waals surface area contributed by atoms with E-state index in [9.17, 15) is 4.79 Å². The summed E-state index contributed by atoms with van der Waals surface area (Å²) in [5.74, 6) is 0.138. The lowest BCUT2D eigenvalue weighted by Gasteiger charge is -2.26. The Morgan fingerprint density at radius 1 is 0.792 bits per heavy atom. The number of benzene rings is 2. The zero-order valence-corrected chi connectivity index (χ0v) is 16.5. The molecule has 0 atom stereocenters. The monoisotopic (exact) mass is 445 g/mol. The molecule has 0 radical (unpaired) electrons. The van der Waals surface area contributed by atoms with Gasteiger partial charge < -0.3 is 0 Å². The summed E-state index contributed by atoms with van der Waals surface area (Å²) in [5, 5.41) is 0. The molecule has 1 saturated heterocycles. The van der Waals surface area contributed by atoms with Crippen molar-refractivity contribution in [2.45, 2.75) is 0 Å². The molecule has 0 amide bonds. The Morgan fingerprint density at radius 3 is 1.54 bits per heavy atom. The highest BCUT2D eigenvalue weighted by atomic mass is 79.9. The van der Waals surface area contributed by atoms with E-state index in [1.807, 2.05) is 67.7 Å². The molecule has 0 spiro atoms. The number of carbonyl (C=O) groups excluding carboxylic acids is 1. The number of rotatable bonds is 2. The van der Waals surface area contributed by atoms with E-state index in [0.29, 0.717) is 13.1 Å². The second kappa shape index (κ2) is 7.60. The summed E-state index contributed by atoms with van der Waals surface area (Å²) in [7, 11) is 2.04. The van der Waals surface area contributed by atoms with Crippen LogP contribution < -0.4 is 0 Å². The van der Waals surface area contributed by atoms with Gasteiger partial charge >= 0.3 is 0 Å². The van der Waals surface area contributed by atoms with Crippen molar-refractivity contribution in [1.29, 1.82) is 0 Å². The average Bonchev–Trinajstić information content (AvgIpc) is 2.56. The summed E-state index contributed by atoms with van der Waals surface area (Å²) in [4.78, 5) is 15.0. The number of hydrogen-bond donors (Lipinski definition) is 0. The van der Waals surface area contributed by atoms with Crippen LogP contribution in [0.5, 0.6) is 0 Å². The number of carbonyl (C=O) groups is 1. The second-order valence-corrected chi connectivity index (χ2v) is 7.78. The molecule has 1 aliphatic rings. The highest BCUT2D eigenvalue weighted by Crippen LogP contribution is 2.22. The van der Waals surface area contributed by atoms with Crippen LogP contribution in [0.2, 0.25) is 0 Å². The first-order valence-corrected chi connectivity index (χ1v) is 9.25. The van der Waals surface area contributed by atoms with Crippen LogP contribution in [0.15, 0.2) is 68.6 Å². The molecule has 1 fully saturated rings. The minimum absolute atomic E-state index is 0.138. The third kappa shape index (κ3) is 4.32. The van der Waals surface area contributed by atoms with Gasteiger partial charge in [0.05, 0.1) is 0 Å². The van der Waals surface area contributed by atoms with Gasteiger partial charge in [-0.25, -0.2) is 0 Å². The molecule has 3 rings (SSSR count). The molecule has 0 aromatic heterocycles. The van der Waals surface area contributed by atoms with E-state index in [1.54, 1.807) is 0 Å². The van der Waals surface area contributed by atoms with Gasteiger partial charge in [0.15, 0.2) is 5.78 Å². The normalized spacial score (nSPS) is 19.2. The van der Waals surface area contributed by atoms with Crippen LogP contribution in [0.25, 0.3) is 12.2 Å². The van der Waals surface area contributed by atoms with Crippen LogP contribution in [-0.4, -0.2) is 30.8 Å². The zero-order valence-electron chi connectivity index (χ0n) is 13.3. The first-order chi connectivity index (χ1) is 11.5. The first kappa shape index (κ1) is 17.3. The number of Topliss-reactive ketones (excluding diaryl/α,β-unsaturated/α-hetero) is 1. The van der Waals surface area contributed by atoms with Gasteiger partial charge in [-0.05, 0) is 54.6 Å². The molecule has 0 unspecified atom stereocenters. The Hall–Kier alpha value is -1.49. The van der Waals surface area contributed by atoms with E-state index in [-0.39, 0.29) is 5.78 Å². The quantitative estimate of drug-likeness (QED) is 0.591. The van der Waals surface area contributed by atoms with Gasteiger partial charge in [-0.2, -0.15) is 0 Å². The molecular weight excluding hydrogens is 430 g/mol. The van der Waals surface area contributed by atoms with E-state index in [2.05, 4.69) is 36.8 Å². The minimum atomic E-state index is 0.138. The maximum absolute atomic E-state index is 12.8. The Bertz CT molecular complexity index is 737. The van der Waals surface area contributed by atoms with Crippen molar-refractivity contribution >= 4 is 49.8 Å². The molecular formula is C20H17Br2NO. The maximum Gasteiger partial charge on any atom is 0.187 e. The Balaban J connectivity index is 1.90. The molecule has 0 aliphatic carbocycles. The van der Waals surface area contributed by atoms with Crippen molar-refractivity contribution in [3.63, 3.8) is 0 Å². The minimum Gasteiger partial charge on any atom is -0.298 e. The van der Waals surface area contributed by atoms with E-state index < -0.39 is 0 Å². The smallest absolute Gasteiger partial charge is 0.187 e. The highest BCUT2D eigenvalue weighted by molar-refractivity contribution is 9.10. The summed E-state index contributed by atoms with van der Waals surface area (Å²) in [6.07, 6.45) is 3.97. The van der Waals surface area contributed by atoms with Crippen LogP contribution in [0.4, 0.5) is 0 Å². The summed E-state index contributed by atoms with van der Waals surface area (Å²) in [6.45, 7) is 1.35. The number of halogens is 2. The fourth-order valence-corrected chi connectivity index (χ4v) is 3.26. The van der Waals surface area contributed by atoms with Crippen molar-refractivity contribution in [3.05, 3.63) is 79.7 Å². The van der Waals surface area contributed by atoms with Crippen LogP contribution in [0.1, 0.15) is 11.1 Å². The standard InChI is InChI=1S/C20H17Br2NO/c1-23-12-16(10-14-2-6-18(21)7-3-14)20(24)17(13-23)11-15-4-8-19(22)9-5-15/h2-11H,12-13H2,1H3/b16-10+,17-11+. The summed E-state index contributed by atoms with van der Waals surface area (Å²) in [6, 6.07) is 16.0. The lowest BCUT2D eigenvalue weighted by molar-refractivity contribution is -0.113. The van der Waals surface area contributed by atoms with Crippen molar-refractivity contribution < 1.29 is 4.79 Å². The van der Waals surface area contributed by atoms with Gasteiger partial charge in [-0.3, -0.25) is 9.69 Å². The fourth-order valence-electron chi connectivity index (χ4n) is 2.73. The predicted octanol–water partition coefficient (Wildman–Crippen LogP) is 5.19. The molecule has 4 heteroatoms. The fraction of sp³-hybridized carbons (Fsp3) is 0.150. The number of ketones is 1. The van der Waals surface area contributed by atoms with Gasteiger partial charge in [-0.1, -0.05) is 56.1 Å². The number of likely N-dealkylation sites (N-methyl/N-ethyl adjacent to an activating group) is 1. The molecule has 2 aromatic carbocycles. The molecule has 0 bridgehead atoms. The predicted molar refractivity (Wildman–Crippen MR) is 107 cm³/mol. The highest BCUT2D eigenvalue weighted by Gasteiger charge is 2.23. The third-order valence-electron chi connectivity index (χ3n) is 3.89. The molecule has 0 saturated carbocycles. The second-order valence-electron chi connectivity index (χ2n) is 5.94. The van der Waals surface area contributed by atoms with Crippen molar-refractivity contribution in [3.8, 4) is 0 Å². The van der Waals surface area contributed by atoms with E-state index in [0.717, 1.165) is 31.2 Å². The largest absolute Gasteiger partial charge is 0.298 e.